The molecule has 0 bridgehead atoms. The Labute approximate surface area is 195 Å². The number of para-hydroxylation sites is 1. The summed E-state index contributed by atoms with van der Waals surface area (Å²) in [6, 6.07) is 29.8. The van der Waals surface area contributed by atoms with E-state index in [1.165, 1.54) is 17.4 Å². The number of aromatic nitrogens is 2. The second-order valence-electron chi connectivity index (χ2n) is 7.58. The average Bonchev–Trinajstić information content (AvgIpc) is 3.30. The van der Waals surface area contributed by atoms with Gasteiger partial charge in [-0.15, -0.1) is 0 Å². The molecule has 0 aliphatic heterocycles. The third kappa shape index (κ3) is 4.38. The molecular formula is C27H20FN3OS. The van der Waals surface area contributed by atoms with Crippen LogP contribution in [0.2, 0.25) is 0 Å². The molecule has 4 nitrogen and oxygen atoms in total. The normalized spacial score (nSPS) is 11.1. The molecule has 33 heavy (non-hydrogen) atoms. The third-order valence-corrected chi connectivity index (χ3v) is 6.46. The molecule has 0 saturated carbocycles. The average molecular weight is 454 g/mol. The van der Waals surface area contributed by atoms with Gasteiger partial charge in [0.05, 0.1) is 22.9 Å². The fourth-order valence-electron chi connectivity index (χ4n) is 3.84. The maximum Gasteiger partial charge on any atom is 0.241 e. The molecule has 0 aliphatic carbocycles. The Morgan fingerprint density at radius 1 is 0.848 bits per heavy atom. The molecule has 1 amide bonds. The molecule has 2 aromatic heterocycles. The van der Waals surface area contributed by atoms with Crippen molar-refractivity contribution in [3.05, 3.63) is 126 Å². The number of fused-ring (bicyclic) bond motifs is 1. The van der Waals surface area contributed by atoms with Crippen LogP contribution in [0.4, 0.5) is 9.52 Å². The molecule has 0 N–H and O–H groups in total. The molecule has 0 unspecified atom stereocenters. The van der Waals surface area contributed by atoms with Gasteiger partial charge in [0.25, 0.3) is 0 Å². The zero-order valence-electron chi connectivity index (χ0n) is 17.6. The predicted molar refractivity (Wildman–Crippen MR) is 130 cm³/mol. The summed E-state index contributed by atoms with van der Waals surface area (Å²) in [5, 5.41) is 0.447. The predicted octanol–water partition coefficient (Wildman–Crippen LogP) is 6.20. The van der Waals surface area contributed by atoms with Gasteiger partial charge in [0.15, 0.2) is 5.13 Å². The maximum atomic E-state index is 14.4. The van der Waals surface area contributed by atoms with Crippen molar-refractivity contribution in [2.24, 2.45) is 0 Å². The fourth-order valence-corrected chi connectivity index (χ4v) is 4.82. The van der Waals surface area contributed by atoms with Gasteiger partial charge in [-0.2, -0.15) is 0 Å². The van der Waals surface area contributed by atoms with Crippen LogP contribution in [0.15, 0.2) is 103 Å². The van der Waals surface area contributed by atoms with Crippen molar-refractivity contribution in [2.45, 2.75) is 12.5 Å². The molecule has 0 spiro atoms. The molecule has 5 rings (SSSR count). The van der Waals surface area contributed by atoms with E-state index in [9.17, 15) is 9.18 Å². The molecule has 2 heterocycles. The summed E-state index contributed by atoms with van der Waals surface area (Å²) < 4.78 is 15.1. The van der Waals surface area contributed by atoms with Crippen LogP contribution < -0.4 is 4.90 Å². The van der Waals surface area contributed by atoms with Crippen LogP contribution in [-0.4, -0.2) is 15.9 Å². The first kappa shape index (κ1) is 21.0. The Bertz CT molecular complexity index is 1330. The molecule has 3 aromatic carbocycles. The molecule has 6 heteroatoms. The Balaban J connectivity index is 1.63. The number of carbonyl (C=O) groups is 1. The van der Waals surface area contributed by atoms with Crippen molar-refractivity contribution in [1.29, 1.82) is 0 Å². The number of hydrogen-bond donors (Lipinski definition) is 0. The molecule has 162 valence electrons. The largest absolute Gasteiger partial charge is 0.281 e. The summed E-state index contributed by atoms with van der Waals surface area (Å²) >= 11 is 1.30. The number of pyridine rings is 1. The zero-order chi connectivity index (χ0) is 22.6. The van der Waals surface area contributed by atoms with Crippen LogP contribution in [0, 0.1) is 5.82 Å². The minimum Gasteiger partial charge on any atom is -0.281 e. The van der Waals surface area contributed by atoms with Crippen LogP contribution in [0.1, 0.15) is 22.7 Å². The first-order valence-electron chi connectivity index (χ1n) is 10.6. The first-order chi connectivity index (χ1) is 16.2. The van der Waals surface area contributed by atoms with Crippen molar-refractivity contribution in [2.75, 3.05) is 4.90 Å². The van der Waals surface area contributed by atoms with Gasteiger partial charge >= 0.3 is 0 Å². The lowest BCUT2D eigenvalue weighted by Crippen LogP contribution is -2.35. The number of carbonyl (C=O) groups excluding carboxylic acids is 1. The van der Waals surface area contributed by atoms with E-state index >= 15 is 0 Å². The number of anilines is 1. The number of rotatable bonds is 6. The molecule has 0 radical (unpaired) electrons. The van der Waals surface area contributed by atoms with Gasteiger partial charge in [0.1, 0.15) is 11.3 Å². The van der Waals surface area contributed by atoms with E-state index in [0.717, 1.165) is 16.8 Å². The lowest BCUT2D eigenvalue weighted by atomic mass is 9.90. The minimum atomic E-state index is -0.534. The van der Waals surface area contributed by atoms with Gasteiger partial charge in [-0.3, -0.25) is 14.7 Å². The quantitative estimate of drug-likeness (QED) is 0.308. The highest BCUT2D eigenvalue weighted by Gasteiger charge is 2.30. The van der Waals surface area contributed by atoms with Gasteiger partial charge in [-0.05, 0) is 35.4 Å². The van der Waals surface area contributed by atoms with Crippen LogP contribution >= 0.6 is 11.3 Å². The molecule has 0 saturated heterocycles. The summed E-state index contributed by atoms with van der Waals surface area (Å²) in [5.41, 5.74) is 2.76. The molecule has 0 fully saturated rings. The van der Waals surface area contributed by atoms with Gasteiger partial charge in [-0.25, -0.2) is 9.37 Å². The van der Waals surface area contributed by atoms with Crippen molar-refractivity contribution in [1.82, 2.24) is 9.97 Å². The van der Waals surface area contributed by atoms with Crippen molar-refractivity contribution < 1.29 is 9.18 Å². The van der Waals surface area contributed by atoms with Crippen LogP contribution in [0.5, 0.6) is 0 Å². The van der Waals surface area contributed by atoms with E-state index in [-0.39, 0.29) is 18.0 Å². The highest BCUT2D eigenvalue weighted by atomic mass is 32.1. The van der Waals surface area contributed by atoms with E-state index in [1.807, 2.05) is 84.9 Å². The number of thiazole rings is 1. The number of benzene rings is 3. The summed E-state index contributed by atoms with van der Waals surface area (Å²) in [5.74, 6) is -1.08. The summed E-state index contributed by atoms with van der Waals surface area (Å²) in [7, 11) is 0. The SMILES string of the molecule is O=C(C(c1ccccc1)c1ccccc1)N(Cc1ccccn1)c1nc2c(F)cccc2s1. The van der Waals surface area contributed by atoms with Gasteiger partial charge < -0.3 is 0 Å². The topological polar surface area (TPSA) is 46.1 Å². The molecule has 0 atom stereocenters. The van der Waals surface area contributed by atoms with E-state index in [0.29, 0.717) is 9.83 Å². The standard InChI is InChI=1S/C27H20FN3OS/c28-22-15-9-16-23-25(22)30-27(33-23)31(18-21-14-7-8-17-29-21)26(32)24(19-10-3-1-4-11-19)20-12-5-2-6-13-20/h1-17,24H,18H2. The summed E-state index contributed by atoms with van der Waals surface area (Å²) in [6.07, 6.45) is 1.70. The maximum absolute atomic E-state index is 14.4. The molecule has 0 aliphatic rings. The van der Waals surface area contributed by atoms with E-state index in [1.54, 1.807) is 17.2 Å². The summed E-state index contributed by atoms with van der Waals surface area (Å²) in [6.45, 7) is 0.233. The third-order valence-electron chi connectivity index (χ3n) is 5.41. The number of nitrogens with zero attached hydrogens (tertiary/aromatic N) is 3. The van der Waals surface area contributed by atoms with Crippen molar-refractivity contribution >= 4 is 32.6 Å². The minimum absolute atomic E-state index is 0.141. The van der Waals surface area contributed by atoms with Crippen LogP contribution in [-0.2, 0) is 11.3 Å². The number of hydrogen-bond acceptors (Lipinski definition) is 4. The van der Waals surface area contributed by atoms with E-state index in [2.05, 4.69) is 9.97 Å². The van der Waals surface area contributed by atoms with Gasteiger partial charge in [-0.1, -0.05) is 84.1 Å². The highest BCUT2D eigenvalue weighted by molar-refractivity contribution is 7.22. The molecule has 5 aromatic rings. The zero-order valence-corrected chi connectivity index (χ0v) is 18.5. The second-order valence-corrected chi connectivity index (χ2v) is 8.59. The van der Waals surface area contributed by atoms with E-state index < -0.39 is 11.7 Å². The van der Waals surface area contributed by atoms with Crippen LogP contribution in [0.3, 0.4) is 0 Å². The van der Waals surface area contributed by atoms with Crippen LogP contribution in [0.25, 0.3) is 10.2 Å². The smallest absolute Gasteiger partial charge is 0.241 e. The van der Waals surface area contributed by atoms with Crippen molar-refractivity contribution in [3.63, 3.8) is 0 Å². The van der Waals surface area contributed by atoms with E-state index in [4.69, 9.17) is 0 Å². The van der Waals surface area contributed by atoms with Gasteiger partial charge in [0.2, 0.25) is 5.91 Å². The number of amides is 1. The van der Waals surface area contributed by atoms with Gasteiger partial charge in [0, 0.05) is 6.20 Å². The lowest BCUT2D eigenvalue weighted by Gasteiger charge is -2.26. The summed E-state index contributed by atoms with van der Waals surface area (Å²) in [4.78, 5) is 24.7. The Kier molecular flexibility index (Phi) is 5.91. The first-order valence-corrected chi connectivity index (χ1v) is 11.4. The highest BCUT2D eigenvalue weighted by Crippen LogP contribution is 2.35. The monoisotopic (exact) mass is 453 g/mol. The Hall–Kier alpha value is -3.90. The second kappa shape index (κ2) is 9.30. The fraction of sp³-hybridized carbons (Fsp3) is 0.0741. The van der Waals surface area contributed by atoms with Crippen molar-refractivity contribution in [3.8, 4) is 0 Å². The Morgan fingerprint density at radius 3 is 2.12 bits per heavy atom. The Morgan fingerprint density at radius 2 is 1.52 bits per heavy atom. The lowest BCUT2D eigenvalue weighted by molar-refractivity contribution is -0.119. The molecular weight excluding hydrogens is 433 g/mol. The number of halogens is 1.